The maximum Gasteiger partial charge on any atom is 0.416 e. The van der Waals surface area contributed by atoms with Crippen LogP contribution >= 0.6 is 11.3 Å². The topological polar surface area (TPSA) is 47.0 Å². The normalized spacial score (nSPS) is 11.4. The molecule has 1 aromatic heterocycles. The Bertz CT molecular complexity index is 571. The molecule has 1 aromatic carbocycles. The van der Waals surface area contributed by atoms with Crippen molar-refractivity contribution in [2.24, 2.45) is 0 Å². The average molecular weight is 303 g/mol. The number of alkyl halides is 3. The van der Waals surface area contributed by atoms with E-state index in [1.807, 2.05) is 6.92 Å². The van der Waals surface area contributed by atoms with E-state index in [0.29, 0.717) is 10.1 Å². The summed E-state index contributed by atoms with van der Waals surface area (Å²) in [6, 6.07) is 4.75. The van der Waals surface area contributed by atoms with Gasteiger partial charge in [-0.1, -0.05) is 17.4 Å². The molecule has 2 rings (SSSR count). The van der Waals surface area contributed by atoms with Crippen LogP contribution in [0, 0.1) is 0 Å². The summed E-state index contributed by atoms with van der Waals surface area (Å²) >= 11 is 1.31. The molecule has 0 amide bonds. The van der Waals surface area contributed by atoms with Gasteiger partial charge in [-0.2, -0.15) is 13.2 Å². The predicted molar refractivity (Wildman–Crippen MR) is 69.8 cm³/mol. The van der Waals surface area contributed by atoms with Gasteiger partial charge in [-0.05, 0) is 25.1 Å². The fourth-order valence-electron chi connectivity index (χ4n) is 1.44. The molecule has 0 fully saturated rings. The molecule has 4 nitrogen and oxygen atoms in total. The monoisotopic (exact) mass is 303 g/mol. The standard InChI is InChI=1S/C12H12F3N3OS/c1-2-16-11-18-17-10(20-11)7-19-9-5-3-4-8(6-9)12(13,14)15/h3-6H,2,7H2,1H3,(H,16,18). The highest BCUT2D eigenvalue weighted by Crippen LogP contribution is 2.31. The second-order valence-electron chi connectivity index (χ2n) is 3.85. The number of halogens is 3. The van der Waals surface area contributed by atoms with Crippen molar-refractivity contribution in [3.05, 3.63) is 34.8 Å². The number of aromatic nitrogens is 2. The molecule has 0 bridgehead atoms. The van der Waals surface area contributed by atoms with Crippen molar-refractivity contribution in [1.29, 1.82) is 0 Å². The lowest BCUT2D eigenvalue weighted by molar-refractivity contribution is -0.137. The summed E-state index contributed by atoms with van der Waals surface area (Å²) < 4.78 is 42.9. The molecule has 1 N–H and O–H groups in total. The van der Waals surface area contributed by atoms with Crippen molar-refractivity contribution >= 4 is 16.5 Å². The largest absolute Gasteiger partial charge is 0.486 e. The Kier molecular flexibility index (Phi) is 4.43. The third kappa shape index (κ3) is 3.83. The van der Waals surface area contributed by atoms with Crippen LogP contribution in [0.25, 0.3) is 0 Å². The minimum Gasteiger partial charge on any atom is -0.486 e. The SMILES string of the molecule is CCNc1nnc(COc2cccc(C(F)(F)F)c2)s1. The lowest BCUT2D eigenvalue weighted by Crippen LogP contribution is -2.05. The molecule has 0 saturated heterocycles. The van der Waals surface area contributed by atoms with E-state index in [1.165, 1.54) is 23.5 Å². The number of hydrogen-bond acceptors (Lipinski definition) is 5. The first-order chi connectivity index (χ1) is 9.49. The van der Waals surface area contributed by atoms with Crippen LogP contribution in [0.1, 0.15) is 17.5 Å². The summed E-state index contributed by atoms with van der Waals surface area (Å²) in [6.45, 7) is 2.74. The van der Waals surface area contributed by atoms with E-state index in [-0.39, 0.29) is 12.4 Å². The van der Waals surface area contributed by atoms with Gasteiger partial charge in [0.1, 0.15) is 12.4 Å². The van der Waals surface area contributed by atoms with Crippen LogP contribution in [-0.2, 0) is 12.8 Å². The molecule has 0 atom stereocenters. The van der Waals surface area contributed by atoms with Crippen molar-refractivity contribution in [1.82, 2.24) is 10.2 Å². The molecule has 0 saturated carbocycles. The van der Waals surface area contributed by atoms with E-state index >= 15 is 0 Å². The highest BCUT2D eigenvalue weighted by molar-refractivity contribution is 7.15. The van der Waals surface area contributed by atoms with Gasteiger partial charge in [-0.15, -0.1) is 10.2 Å². The molecule has 0 spiro atoms. The van der Waals surface area contributed by atoms with Crippen LogP contribution in [-0.4, -0.2) is 16.7 Å². The second kappa shape index (κ2) is 6.08. The van der Waals surface area contributed by atoms with E-state index in [0.717, 1.165) is 18.7 Å². The molecule has 0 radical (unpaired) electrons. The first-order valence-corrected chi connectivity index (χ1v) is 6.67. The Morgan fingerprint density at radius 2 is 2.10 bits per heavy atom. The number of ether oxygens (including phenoxy) is 1. The lowest BCUT2D eigenvalue weighted by Gasteiger charge is -2.09. The first kappa shape index (κ1) is 14.6. The predicted octanol–water partition coefficient (Wildman–Crippen LogP) is 3.57. The summed E-state index contributed by atoms with van der Waals surface area (Å²) in [7, 11) is 0. The molecule has 20 heavy (non-hydrogen) atoms. The summed E-state index contributed by atoms with van der Waals surface area (Å²) in [5, 5.41) is 12.0. The highest BCUT2D eigenvalue weighted by Gasteiger charge is 2.30. The van der Waals surface area contributed by atoms with E-state index in [2.05, 4.69) is 15.5 Å². The zero-order valence-electron chi connectivity index (χ0n) is 10.6. The van der Waals surface area contributed by atoms with E-state index in [1.54, 1.807) is 0 Å². The fraction of sp³-hybridized carbons (Fsp3) is 0.333. The minimum absolute atomic E-state index is 0.0877. The molecule has 8 heteroatoms. The van der Waals surface area contributed by atoms with Crippen molar-refractivity contribution < 1.29 is 17.9 Å². The third-order valence-electron chi connectivity index (χ3n) is 2.32. The summed E-state index contributed by atoms with van der Waals surface area (Å²) in [5.74, 6) is 0.153. The Hall–Kier alpha value is -1.83. The molecule has 0 unspecified atom stereocenters. The van der Waals surface area contributed by atoms with Gasteiger partial charge in [-0.3, -0.25) is 0 Å². The molecule has 108 valence electrons. The van der Waals surface area contributed by atoms with E-state index in [4.69, 9.17) is 4.74 Å². The van der Waals surface area contributed by atoms with Crippen LogP contribution in [0.2, 0.25) is 0 Å². The smallest absolute Gasteiger partial charge is 0.416 e. The zero-order chi connectivity index (χ0) is 14.6. The molecular weight excluding hydrogens is 291 g/mol. The van der Waals surface area contributed by atoms with E-state index in [9.17, 15) is 13.2 Å². The van der Waals surface area contributed by atoms with Gasteiger partial charge in [0.05, 0.1) is 5.56 Å². The quantitative estimate of drug-likeness (QED) is 0.917. The second-order valence-corrected chi connectivity index (χ2v) is 4.91. The number of benzene rings is 1. The van der Waals surface area contributed by atoms with Gasteiger partial charge in [0.15, 0.2) is 5.01 Å². The molecule has 0 aliphatic carbocycles. The summed E-state index contributed by atoms with van der Waals surface area (Å²) in [6.07, 6.45) is -4.37. The third-order valence-corrected chi connectivity index (χ3v) is 3.17. The number of hydrogen-bond donors (Lipinski definition) is 1. The molecule has 1 heterocycles. The van der Waals surface area contributed by atoms with Crippen LogP contribution in [0.15, 0.2) is 24.3 Å². The number of nitrogens with one attached hydrogen (secondary N) is 1. The van der Waals surface area contributed by atoms with Gasteiger partial charge >= 0.3 is 6.18 Å². The van der Waals surface area contributed by atoms with Crippen LogP contribution in [0.5, 0.6) is 5.75 Å². The average Bonchev–Trinajstić information content (AvgIpc) is 2.84. The van der Waals surface area contributed by atoms with Crippen molar-refractivity contribution in [2.75, 3.05) is 11.9 Å². The Morgan fingerprint density at radius 1 is 1.30 bits per heavy atom. The van der Waals surface area contributed by atoms with Crippen molar-refractivity contribution in [3.63, 3.8) is 0 Å². The number of nitrogens with zero attached hydrogens (tertiary/aromatic N) is 2. The van der Waals surface area contributed by atoms with Gasteiger partial charge in [0.2, 0.25) is 5.13 Å². The summed E-state index contributed by atoms with van der Waals surface area (Å²) in [4.78, 5) is 0. The van der Waals surface area contributed by atoms with Gasteiger partial charge in [0.25, 0.3) is 0 Å². The van der Waals surface area contributed by atoms with Gasteiger partial charge in [-0.25, -0.2) is 0 Å². The highest BCUT2D eigenvalue weighted by atomic mass is 32.1. The molecule has 0 aliphatic rings. The molecular formula is C12H12F3N3OS. The number of anilines is 1. The minimum atomic E-state index is -4.37. The Balaban J connectivity index is 1.99. The van der Waals surface area contributed by atoms with E-state index < -0.39 is 11.7 Å². The van der Waals surface area contributed by atoms with Gasteiger partial charge in [0, 0.05) is 6.54 Å². The summed E-state index contributed by atoms with van der Waals surface area (Å²) in [5.41, 5.74) is -0.736. The molecule has 2 aromatic rings. The lowest BCUT2D eigenvalue weighted by atomic mass is 10.2. The first-order valence-electron chi connectivity index (χ1n) is 5.85. The Morgan fingerprint density at radius 3 is 2.80 bits per heavy atom. The van der Waals surface area contributed by atoms with Crippen LogP contribution in [0.4, 0.5) is 18.3 Å². The maximum atomic E-state index is 12.5. The van der Waals surface area contributed by atoms with Crippen LogP contribution < -0.4 is 10.1 Å². The number of rotatable bonds is 5. The zero-order valence-corrected chi connectivity index (χ0v) is 11.4. The maximum absolute atomic E-state index is 12.5. The van der Waals surface area contributed by atoms with Crippen molar-refractivity contribution in [2.45, 2.75) is 19.7 Å². The Labute approximate surface area is 117 Å². The van der Waals surface area contributed by atoms with Crippen molar-refractivity contribution in [3.8, 4) is 5.75 Å². The van der Waals surface area contributed by atoms with Gasteiger partial charge < -0.3 is 10.1 Å². The molecule has 0 aliphatic heterocycles. The van der Waals surface area contributed by atoms with Crippen LogP contribution in [0.3, 0.4) is 0 Å². The fourth-order valence-corrected chi connectivity index (χ4v) is 2.16.